The molecular formula is C24H24ClN5O2. The van der Waals surface area contributed by atoms with Crippen LogP contribution in [0.25, 0.3) is 16.6 Å². The number of aromatic nitrogens is 4. The number of nitrogens with one attached hydrogen (secondary N) is 1. The van der Waals surface area contributed by atoms with Crippen molar-refractivity contribution in [2.24, 2.45) is 0 Å². The molecule has 4 rings (SSSR count). The van der Waals surface area contributed by atoms with Crippen LogP contribution < -0.4 is 5.32 Å². The molecule has 2 aromatic heterocycles. The number of aryl methyl sites for hydroxylation is 1. The summed E-state index contributed by atoms with van der Waals surface area (Å²) in [6.07, 6.45) is 4.76. The van der Waals surface area contributed by atoms with Gasteiger partial charge in [0.25, 0.3) is 5.91 Å². The molecule has 164 valence electrons. The van der Waals surface area contributed by atoms with Gasteiger partial charge in [-0.1, -0.05) is 36.6 Å². The summed E-state index contributed by atoms with van der Waals surface area (Å²) < 4.78 is 3.73. The summed E-state index contributed by atoms with van der Waals surface area (Å²) in [6, 6.07) is 11.2. The number of Topliss-reactive ketones (excluding diaryl/α,β-unsaturated/α-hetero) is 1. The Morgan fingerprint density at radius 3 is 2.50 bits per heavy atom. The largest absolute Gasteiger partial charge is 0.334 e. The lowest BCUT2D eigenvalue weighted by atomic mass is 10.0. The van der Waals surface area contributed by atoms with Gasteiger partial charge in [-0.25, -0.2) is 0 Å². The van der Waals surface area contributed by atoms with Crippen LogP contribution in [-0.4, -0.2) is 31.0 Å². The van der Waals surface area contributed by atoms with Crippen LogP contribution in [-0.2, 0) is 13.1 Å². The Morgan fingerprint density at radius 2 is 1.84 bits per heavy atom. The first kappa shape index (κ1) is 21.8. The Labute approximate surface area is 191 Å². The summed E-state index contributed by atoms with van der Waals surface area (Å²) in [5.41, 5.74) is 4.83. The van der Waals surface area contributed by atoms with Gasteiger partial charge in [-0.2, -0.15) is 0 Å². The predicted molar refractivity (Wildman–Crippen MR) is 125 cm³/mol. The van der Waals surface area contributed by atoms with Crippen LogP contribution >= 0.6 is 11.6 Å². The average Bonchev–Trinajstić information content (AvgIpc) is 3.38. The molecule has 0 spiro atoms. The van der Waals surface area contributed by atoms with Gasteiger partial charge in [0.15, 0.2) is 5.78 Å². The van der Waals surface area contributed by atoms with E-state index in [0.29, 0.717) is 10.6 Å². The number of carbonyl (C=O) groups excluding carboxylic acids is 2. The highest BCUT2D eigenvalue weighted by molar-refractivity contribution is 6.34. The predicted octanol–water partition coefficient (Wildman–Crippen LogP) is 4.73. The highest BCUT2D eigenvalue weighted by atomic mass is 35.5. The number of halogens is 1. The molecule has 1 amide bonds. The van der Waals surface area contributed by atoms with Crippen LogP contribution in [0.1, 0.15) is 52.2 Å². The second kappa shape index (κ2) is 8.96. The Kier molecular flexibility index (Phi) is 6.10. The minimum Gasteiger partial charge on any atom is -0.334 e. The minimum atomic E-state index is -0.286. The second-order valence-electron chi connectivity index (χ2n) is 7.77. The van der Waals surface area contributed by atoms with Gasteiger partial charge >= 0.3 is 0 Å². The van der Waals surface area contributed by atoms with Gasteiger partial charge in [-0.3, -0.25) is 14.2 Å². The number of carbonyl (C=O) groups is 2. The van der Waals surface area contributed by atoms with Gasteiger partial charge in [0.2, 0.25) is 0 Å². The summed E-state index contributed by atoms with van der Waals surface area (Å²) in [4.78, 5) is 25.4. The van der Waals surface area contributed by atoms with Crippen molar-refractivity contribution in [1.29, 1.82) is 0 Å². The minimum absolute atomic E-state index is 0.0294. The first-order chi connectivity index (χ1) is 15.4. The van der Waals surface area contributed by atoms with Crippen LogP contribution in [0.15, 0.2) is 49.1 Å². The Morgan fingerprint density at radius 1 is 1.09 bits per heavy atom. The van der Waals surface area contributed by atoms with Gasteiger partial charge in [0.1, 0.15) is 12.7 Å². The first-order valence-electron chi connectivity index (χ1n) is 10.5. The molecule has 0 fully saturated rings. The van der Waals surface area contributed by atoms with E-state index in [-0.39, 0.29) is 18.4 Å². The third kappa shape index (κ3) is 4.03. The fraction of sp³-hybridized carbons (Fsp3) is 0.250. The van der Waals surface area contributed by atoms with Crippen molar-refractivity contribution < 1.29 is 9.59 Å². The van der Waals surface area contributed by atoms with Crippen LogP contribution in [0.5, 0.6) is 0 Å². The second-order valence-corrected chi connectivity index (χ2v) is 8.18. The van der Waals surface area contributed by atoms with E-state index >= 15 is 0 Å². The molecule has 8 heteroatoms. The zero-order chi connectivity index (χ0) is 22.8. The van der Waals surface area contributed by atoms with Crippen molar-refractivity contribution in [2.75, 3.05) is 0 Å². The van der Waals surface area contributed by atoms with Crippen molar-refractivity contribution in [3.8, 4) is 5.69 Å². The van der Waals surface area contributed by atoms with E-state index in [1.807, 2.05) is 29.7 Å². The lowest BCUT2D eigenvalue weighted by Crippen LogP contribution is -2.27. The van der Waals surface area contributed by atoms with Crippen molar-refractivity contribution >= 4 is 34.2 Å². The van der Waals surface area contributed by atoms with Crippen LogP contribution in [0, 0.1) is 6.92 Å². The van der Waals surface area contributed by atoms with Crippen LogP contribution in [0.2, 0.25) is 5.02 Å². The first-order valence-corrected chi connectivity index (χ1v) is 10.8. The molecule has 32 heavy (non-hydrogen) atoms. The average molecular weight is 450 g/mol. The smallest absolute Gasteiger partial charge is 0.254 e. The van der Waals surface area contributed by atoms with Crippen molar-refractivity contribution in [1.82, 2.24) is 24.6 Å². The topological polar surface area (TPSA) is 81.8 Å². The SMILES string of the molecule is CCCc1c(C(C)=O)c2cc(C)ccc2n1CNC(=O)c1ccc(-n2cnnc2)cc1Cl. The van der Waals surface area contributed by atoms with E-state index in [1.165, 1.54) is 0 Å². The van der Waals surface area contributed by atoms with E-state index < -0.39 is 0 Å². The molecule has 1 N–H and O–H groups in total. The Balaban J connectivity index is 1.65. The fourth-order valence-corrected chi connectivity index (χ4v) is 4.28. The number of amides is 1. The van der Waals surface area contributed by atoms with E-state index in [4.69, 9.17) is 11.6 Å². The maximum atomic E-state index is 12.9. The van der Waals surface area contributed by atoms with Gasteiger partial charge in [0.05, 0.1) is 22.8 Å². The van der Waals surface area contributed by atoms with E-state index in [2.05, 4.69) is 22.4 Å². The summed E-state index contributed by atoms with van der Waals surface area (Å²) >= 11 is 6.40. The lowest BCUT2D eigenvalue weighted by molar-refractivity contribution is 0.0942. The molecule has 0 saturated heterocycles. The monoisotopic (exact) mass is 449 g/mol. The van der Waals surface area contributed by atoms with Crippen LogP contribution in [0.4, 0.5) is 0 Å². The molecular weight excluding hydrogens is 426 g/mol. The molecule has 0 saturated carbocycles. The van der Waals surface area contributed by atoms with Gasteiger partial charge in [0, 0.05) is 22.3 Å². The molecule has 4 aromatic rings. The third-order valence-corrected chi connectivity index (χ3v) is 5.79. The highest BCUT2D eigenvalue weighted by Gasteiger charge is 2.20. The van der Waals surface area contributed by atoms with Crippen molar-refractivity contribution in [3.05, 3.63) is 76.5 Å². The van der Waals surface area contributed by atoms with Gasteiger partial charge in [-0.15, -0.1) is 10.2 Å². The molecule has 0 bridgehead atoms. The third-order valence-electron chi connectivity index (χ3n) is 5.48. The lowest BCUT2D eigenvalue weighted by Gasteiger charge is -2.14. The number of ketones is 1. The quantitative estimate of drug-likeness (QED) is 0.413. The highest BCUT2D eigenvalue weighted by Crippen LogP contribution is 2.29. The number of nitrogens with zero attached hydrogens (tertiary/aromatic N) is 4. The van der Waals surface area contributed by atoms with Crippen molar-refractivity contribution in [2.45, 2.75) is 40.3 Å². The van der Waals surface area contributed by atoms with E-state index in [9.17, 15) is 9.59 Å². The zero-order valence-electron chi connectivity index (χ0n) is 18.2. The van der Waals surface area contributed by atoms with Gasteiger partial charge < -0.3 is 9.88 Å². The standard InChI is InChI=1S/C24H24ClN5O2/c1-4-5-22-23(16(3)31)19-10-15(2)6-9-21(19)30(22)12-26-24(32)18-8-7-17(11-20(18)25)29-13-27-28-14-29/h6-11,13-14H,4-5,12H2,1-3H3,(H,26,32). The normalized spacial score (nSPS) is 11.1. The molecule has 0 aliphatic heterocycles. The molecule has 0 aliphatic rings. The zero-order valence-corrected chi connectivity index (χ0v) is 19.0. The van der Waals surface area contributed by atoms with Crippen molar-refractivity contribution in [3.63, 3.8) is 0 Å². The van der Waals surface area contributed by atoms with E-state index in [1.54, 1.807) is 42.3 Å². The van der Waals surface area contributed by atoms with Crippen LogP contribution in [0.3, 0.4) is 0 Å². The maximum Gasteiger partial charge on any atom is 0.254 e. The molecule has 0 unspecified atom stereocenters. The van der Waals surface area contributed by atoms with Gasteiger partial charge in [-0.05, 0) is 50.6 Å². The molecule has 0 atom stereocenters. The summed E-state index contributed by atoms with van der Waals surface area (Å²) in [5.74, 6) is -0.257. The molecule has 0 radical (unpaired) electrons. The number of hydrogen-bond acceptors (Lipinski definition) is 4. The number of benzene rings is 2. The molecule has 0 aliphatic carbocycles. The Hall–Kier alpha value is -3.45. The molecule has 2 aromatic carbocycles. The number of rotatable bonds is 7. The summed E-state index contributed by atoms with van der Waals surface area (Å²) in [5, 5.41) is 11.8. The molecule has 2 heterocycles. The fourth-order valence-electron chi connectivity index (χ4n) is 4.02. The number of hydrogen-bond donors (Lipinski definition) is 1. The van der Waals surface area contributed by atoms with E-state index in [0.717, 1.165) is 46.3 Å². The summed E-state index contributed by atoms with van der Waals surface area (Å²) in [6.45, 7) is 5.92. The maximum absolute atomic E-state index is 12.9. The Bertz CT molecular complexity index is 1310. The number of fused-ring (bicyclic) bond motifs is 1. The summed E-state index contributed by atoms with van der Waals surface area (Å²) in [7, 11) is 0. The molecule has 7 nitrogen and oxygen atoms in total.